The summed E-state index contributed by atoms with van der Waals surface area (Å²) >= 11 is 0. The van der Waals surface area contributed by atoms with Crippen molar-refractivity contribution in [3.8, 4) is 0 Å². The van der Waals surface area contributed by atoms with Gasteiger partial charge in [0.2, 0.25) is 0 Å². The second-order valence-electron chi connectivity index (χ2n) is 6.98. The average Bonchev–Trinajstić information content (AvgIpc) is 2.44. The van der Waals surface area contributed by atoms with E-state index >= 15 is 0 Å². The quantitative estimate of drug-likeness (QED) is 0.674. The minimum absolute atomic E-state index is 1.19. The van der Waals surface area contributed by atoms with E-state index in [0.29, 0.717) is 0 Å². The van der Waals surface area contributed by atoms with Gasteiger partial charge >= 0.3 is 0 Å². The molecule has 0 atom stereocenters. The fourth-order valence-electron chi connectivity index (χ4n) is 2.95. The first-order valence-electron chi connectivity index (χ1n) is 8.82. The van der Waals surface area contributed by atoms with Crippen LogP contribution in [0.1, 0.15) is 32.1 Å². The average molecular weight is 299 g/mol. The van der Waals surface area contributed by atoms with E-state index in [0.717, 1.165) is 0 Å². The van der Waals surface area contributed by atoms with E-state index in [1.165, 1.54) is 84.5 Å². The van der Waals surface area contributed by atoms with Crippen LogP contribution in [-0.2, 0) is 0 Å². The Kier molecular flexibility index (Phi) is 10.3. The van der Waals surface area contributed by atoms with Crippen molar-refractivity contribution >= 4 is 0 Å². The van der Waals surface area contributed by atoms with Crippen molar-refractivity contribution in [1.29, 1.82) is 0 Å². The van der Waals surface area contributed by atoms with Crippen LogP contribution in [0, 0.1) is 0 Å². The molecular weight excluding hydrogens is 260 g/mol. The highest BCUT2D eigenvalue weighted by Gasteiger charge is 2.06. The highest BCUT2D eigenvalue weighted by molar-refractivity contribution is 4.62. The van der Waals surface area contributed by atoms with Crippen LogP contribution < -0.4 is 0 Å². The van der Waals surface area contributed by atoms with Crippen LogP contribution in [0.5, 0.6) is 0 Å². The molecule has 0 radical (unpaired) electrons. The van der Waals surface area contributed by atoms with Gasteiger partial charge in [0, 0.05) is 13.1 Å². The van der Waals surface area contributed by atoms with E-state index in [2.05, 4.69) is 47.8 Å². The molecule has 126 valence electrons. The molecule has 4 nitrogen and oxygen atoms in total. The Morgan fingerprint density at radius 2 is 0.619 bits per heavy atom. The predicted octanol–water partition coefficient (Wildman–Crippen LogP) is 1.68. The van der Waals surface area contributed by atoms with Gasteiger partial charge in [0.15, 0.2) is 0 Å². The van der Waals surface area contributed by atoms with E-state index in [1.807, 2.05) is 0 Å². The summed E-state index contributed by atoms with van der Waals surface area (Å²) in [4.78, 5) is 9.96. The molecule has 0 amide bonds. The summed E-state index contributed by atoms with van der Waals surface area (Å²) in [6, 6.07) is 0. The van der Waals surface area contributed by atoms with Crippen LogP contribution >= 0.6 is 0 Å². The Morgan fingerprint density at radius 1 is 0.333 bits per heavy atom. The second kappa shape index (κ2) is 11.4. The molecule has 0 unspecified atom stereocenters. The SMILES string of the molecule is CN1CCCCCN(C)CCCN(C)CCN(C)CCC1. The van der Waals surface area contributed by atoms with E-state index in [-0.39, 0.29) is 0 Å². The predicted molar refractivity (Wildman–Crippen MR) is 93.1 cm³/mol. The lowest BCUT2D eigenvalue weighted by atomic mass is 10.2. The van der Waals surface area contributed by atoms with Crippen molar-refractivity contribution in [2.75, 3.05) is 80.5 Å². The Labute approximate surface area is 133 Å². The molecule has 0 aromatic rings. The maximum absolute atomic E-state index is 2.50. The number of likely N-dealkylation sites (N-methyl/N-ethyl adjacent to an activating group) is 2. The van der Waals surface area contributed by atoms with E-state index in [4.69, 9.17) is 0 Å². The van der Waals surface area contributed by atoms with E-state index in [1.54, 1.807) is 0 Å². The van der Waals surface area contributed by atoms with Gasteiger partial charge in [-0.3, -0.25) is 0 Å². The lowest BCUT2D eigenvalue weighted by Crippen LogP contribution is -2.34. The highest BCUT2D eigenvalue weighted by Crippen LogP contribution is 2.02. The maximum atomic E-state index is 2.50. The summed E-state index contributed by atoms with van der Waals surface area (Å²) in [5.41, 5.74) is 0. The number of hydrogen-bond acceptors (Lipinski definition) is 4. The monoisotopic (exact) mass is 298 g/mol. The van der Waals surface area contributed by atoms with Gasteiger partial charge in [-0.05, 0) is 93.1 Å². The van der Waals surface area contributed by atoms with Crippen LogP contribution in [0.4, 0.5) is 0 Å². The maximum Gasteiger partial charge on any atom is 0.0106 e. The Morgan fingerprint density at radius 3 is 1.00 bits per heavy atom. The van der Waals surface area contributed by atoms with Crippen molar-refractivity contribution in [2.24, 2.45) is 0 Å². The van der Waals surface area contributed by atoms with Gasteiger partial charge in [-0.15, -0.1) is 0 Å². The summed E-state index contributed by atoms with van der Waals surface area (Å²) < 4.78 is 0. The molecule has 0 bridgehead atoms. The van der Waals surface area contributed by atoms with Gasteiger partial charge in [-0.2, -0.15) is 0 Å². The van der Waals surface area contributed by atoms with Gasteiger partial charge < -0.3 is 19.6 Å². The third-order valence-electron chi connectivity index (χ3n) is 4.60. The largest absolute Gasteiger partial charge is 0.306 e. The lowest BCUT2D eigenvalue weighted by Gasteiger charge is -2.23. The first-order chi connectivity index (χ1) is 10.1. The Bertz CT molecular complexity index is 223. The fourth-order valence-corrected chi connectivity index (χ4v) is 2.95. The van der Waals surface area contributed by atoms with Gasteiger partial charge in [0.25, 0.3) is 0 Å². The third-order valence-corrected chi connectivity index (χ3v) is 4.60. The minimum Gasteiger partial charge on any atom is -0.306 e. The van der Waals surface area contributed by atoms with E-state index in [9.17, 15) is 0 Å². The first kappa shape index (κ1) is 18.9. The molecule has 0 spiro atoms. The van der Waals surface area contributed by atoms with Crippen LogP contribution in [0.15, 0.2) is 0 Å². The molecule has 1 aliphatic rings. The van der Waals surface area contributed by atoms with Crippen molar-refractivity contribution in [3.05, 3.63) is 0 Å². The van der Waals surface area contributed by atoms with Crippen molar-refractivity contribution in [3.63, 3.8) is 0 Å². The van der Waals surface area contributed by atoms with Gasteiger partial charge in [0.05, 0.1) is 0 Å². The topological polar surface area (TPSA) is 13.0 Å². The molecule has 0 saturated carbocycles. The third kappa shape index (κ3) is 10.2. The molecular formula is C17H38N4. The number of nitrogens with zero attached hydrogens (tertiary/aromatic N) is 4. The first-order valence-corrected chi connectivity index (χ1v) is 8.82. The normalized spacial score (nSPS) is 25.7. The molecule has 1 aliphatic heterocycles. The fraction of sp³-hybridized carbons (Fsp3) is 1.00. The molecule has 0 aromatic heterocycles. The van der Waals surface area contributed by atoms with Gasteiger partial charge in [-0.25, -0.2) is 0 Å². The Hall–Kier alpha value is -0.160. The smallest absolute Gasteiger partial charge is 0.0106 e. The standard InChI is InChI=1S/C17H38N4/c1-18-10-6-5-7-11-19(2)13-9-15-21(4)17-16-20(3)14-8-12-18/h5-17H2,1-4H3. The molecule has 1 heterocycles. The zero-order valence-electron chi connectivity index (χ0n) is 15.0. The van der Waals surface area contributed by atoms with Crippen molar-refractivity contribution in [2.45, 2.75) is 32.1 Å². The molecule has 0 N–H and O–H groups in total. The minimum atomic E-state index is 1.19. The van der Waals surface area contributed by atoms with Crippen molar-refractivity contribution < 1.29 is 0 Å². The van der Waals surface area contributed by atoms with Gasteiger partial charge in [-0.1, -0.05) is 6.42 Å². The van der Waals surface area contributed by atoms with Crippen LogP contribution in [0.3, 0.4) is 0 Å². The van der Waals surface area contributed by atoms with Crippen LogP contribution in [0.25, 0.3) is 0 Å². The molecule has 0 aliphatic carbocycles. The molecule has 1 rings (SSSR count). The Balaban J connectivity index is 2.34. The summed E-state index contributed by atoms with van der Waals surface area (Å²) in [5.74, 6) is 0. The highest BCUT2D eigenvalue weighted by atomic mass is 15.2. The summed E-state index contributed by atoms with van der Waals surface area (Å²) in [6.07, 6.45) is 6.65. The molecule has 1 saturated heterocycles. The molecule has 4 heteroatoms. The van der Waals surface area contributed by atoms with Gasteiger partial charge in [0.1, 0.15) is 0 Å². The lowest BCUT2D eigenvalue weighted by molar-refractivity contribution is 0.233. The van der Waals surface area contributed by atoms with Crippen LogP contribution in [-0.4, -0.2) is 100 Å². The molecule has 21 heavy (non-hydrogen) atoms. The van der Waals surface area contributed by atoms with Crippen LogP contribution in [0.2, 0.25) is 0 Å². The summed E-state index contributed by atoms with van der Waals surface area (Å²) in [7, 11) is 9.06. The number of hydrogen-bond donors (Lipinski definition) is 0. The number of rotatable bonds is 0. The molecule has 0 aromatic carbocycles. The zero-order valence-corrected chi connectivity index (χ0v) is 15.0. The summed E-state index contributed by atoms with van der Waals surface area (Å²) in [6.45, 7) is 9.82. The van der Waals surface area contributed by atoms with E-state index < -0.39 is 0 Å². The second-order valence-corrected chi connectivity index (χ2v) is 6.98. The zero-order chi connectivity index (χ0) is 15.5. The van der Waals surface area contributed by atoms with Crippen molar-refractivity contribution in [1.82, 2.24) is 19.6 Å². The molecule has 1 fully saturated rings. The summed E-state index contributed by atoms with van der Waals surface area (Å²) in [5, 5.41) is 0.